The van der Waals surface area contributed by atoms with Crippen LogP contribution in [0, 0.1) is 19.7 Å². The van der Waals surface area contributed by atoms with Gasteiger partial charge in [0.05, 0.1) is 5.69 Å². The van der Waals surface area contributed by atoms with Crippen LogP contribution in [0.5, 0.6) is 0 Å². The summed E-state index contributed by atoms with van der Waals surface area (Å²) in [5.74, 6) is 0.404. The molecule has 136 valence electrons. The quantitative estimate of drug-likeness (QED) is 0.588. The summed E-state index contributed by atoms with van der Waals surface area (Å²) in [6.07, 6.45) is 0.846. The van der Waals surface area contributed by atoms with Gasteiger partial charge in [0.2, 0.25) is 0 Å². The van der Waals surface area contributed by atoms with Gasteiger partial charge < -0.3 is 10.6 Å². The lowest BCUT2D eigenvalue weighted by Gasteiger charge is -2.18. The molecular formula is C18H25BrFN5. The predicted molar refractivity (Wildman–Crippen MR) is 103 cm³/mol. The van der Waals surface area contributed by atoms with E-state index in [1.807, 2.05) is 24.7 Å². The van der Waals surface area contributed by atoms with Crippen molar-refractivity contribution < 1.29 is 4.39 Å². The number of aryl methyl sites for hydroxylation is 2. The second kappa shape index (κ2) is 8.47. The van der Waals surface area contributed by atoms with Crippen LogP contribution < -0.4 is 10.6 Å². The summed E-state index contributed by atoms with van der Waals surface area (Å²) in [5.41, 5.74) is 4.06. The van der Waals surface area contributed by atoms with Gasteiger partial charge in [-0.2, -0.15) is 5.10 Å². The topological polar surface area (TPSA) is 54.2 Å². The molecule has 2 rings (SSSR count). The number of aliphatic imine (C=N–C) groups is 1. The second-order valence-electron chi connectivity index (χ2n) is 6.18. The van der Waals surface area contributed by atoms with E-state index in [9.17, 15) is 4.39 Å². The summed E-state index contributed by atoms with van der Waals surface area (Å²) in [7, 11) is 3.66. The largest absolute Gasteiger partial charge is 0.354 e. The SMILES string of the molecule is CN=C(NCc1ccc(Br)cc1F)NC(C)Cc1c(C)nn(C)c1C. The molecule has 0 saturated heterocycles. The molecule has 0 bridgehead atoms. The molecule has 0 saturated carbocycles. The van der Waals surface area contributed by atoms with Crippen molar-refractivity contribution >= 4 is 21.9 Å². The number of nitrogens with one attached hydrogen (secondary N) is 2. The summed E-state index contributed by atoms with van der Waals surface area (Å²) in [5, 5.41) is 11.0. The van der Waals surface area contributed by atoms with Gasteiger partial charge >= 0.3 is 0 Å². The van der Waals surface area contributed by atoms with E-state index < -0.39 is 0 Å². The maximum atomic E-state index is 13.9. The van der Waals surface area contributed by atoms with Crippen molar-refractivity contribution in [1.29, 1.82) is 0 Å². The Morgan fingerprint density at radius 3 is 2.68 bits per heavy atom. The second-order valence-corrected chi connectivity index (χ2v) is 7.10. The normalized spacial score (nSPS) is 13.0. The minimum absolute atomic E-state index is 0.169. The molecule has 0 radical (unpaired) electrons. The molecule has 0 fully saturated rings. The van der Waals surface area contributed by atoms with Gasteiger partial charge in [-0.15, -0.1) is 0 Å². The van der Waals surface area contributed by atoms with E-state index in [1.165, 1.54) is 17.3 Å². The lowest BCUT2D eigenvalue weighted by atomic mass is 10.1. The third-order valence-electron chi connectivity index (χ3n) is 4.24. The number of guanidine groups is 1. The molecule has 1 aromatic carbocycles. The molecule has 0 aliphatic carbocycles. The highest BCUT2D eigenvalue weighted by molar-refractivity contribution is 9.10. The third-order valence-corrected chi connectivity index (χ3v) is 4.73. The number of nitrogens with zero attached hydrogens (tertiary/aromatic N) is 3. The fraction of sp³-hybridized carbons (Fsp3) is 0.444. The maximum absolute atomic E-state index is 13.9. The Balaban J connectivity index is 1.95. The fourth-order valence-electron chi connectivity index (χ4n) is 2.74. The van der Waals surface area contributed by atoms with E-state index in [-0.39, 0.29) is 11.9 Å². The monoisotopic (exact) mass is 409 g/mol. The first-order valence-corrected chi connectivity index (χ1v) is 9.01. The molecular weight excluding hydrogens is 385 g/mol. The standard InChI is InChI=1S/C18H25BrFN5/c1-11(8-16-12(2)24-25(5)13(16)3)23-18(21-4)22-10-14-6-7-15(19)9-17(14)20/h6-7,9,11H,8,10H2,1-5H3,(H2,21,22,23). The number of rotatable bonds is 5. The smallest absolute Gasteiger partial charge is 0.191 e. The summed E-state index contributed by atoms with van der Waals surface area (Å²) in [4.78, 5) is 4.22. The van der Waals surface area contributed by atoms with Crippen LogP contribution in [0.1, 0.15) is 29.4 Å². The predicted octanol–water partition coefficient (Wildman–Crippen LogP) is 3.23. The number of aromatic nitrogens is 2. The van der Waals surface area contributed by atoms with Crippen LogP contribution in [-0.4, -0.2) is 28.8 Å². The van der Waals surface area contributed by atoms with E-state index >= 15 is 0 Å². The first kappa shape index (κ1) is 19.4. The van der Waals surface area contributed by atoms with Crippen LogP contribution in [0.25, 0.3) is 0 Å². The molecule has 25 heavy (non-hydrogen) atoms. The van der Waals surface area contributed by atoms with Crippen molar-refractivity contribution in [3.05, 3.63) is 51.0 Å². The summed E-state index contributed by atoms with van der Waals surface area (Å²) in [6, 6.07) is 5.21. The van der Waals surface area contributed by atoms with Crippen LogP contribution >= 0.6 is 15.9 Å². The Labute approximate surface area is 156 Å². The molecule has 0 amide bonds. The molecule has 1 atom stereocenters. The highest BCUT2D eigenvalue weighted by Gasteiger charge is 2.14. The Morgan fingerprint density at radius 2 is 2.12 bits per heavy atom. The van der Waals surface area contributed by atoms with Gasteiger partial charge in [0.25, 0.3) is 0 Å². The Hall–Kier alpha value is -1.89. The average molecular weight is 410 g/mol. The molecule has 1 aromatic heterocycles. The zero-order valence-corrected chi connectivity index (χ0v) is 16.9. The van der Waals surface area contributed by atoms with Crippen molar-refractivity contribution in [2.75, 3.05) is 7.05 Å². The van der Waals surface area contributed by atoms with Crippen LogP contribution in [0.4, 0.5) is 4.39 Å². The highest BCUT2D eigenvalue weighted by Crippen LogP contribution is 2.15. The van der Waals surface area contributed by atoms with Gasteiger partial charge in [0.1, 0.15) is 5.82 Å². The molecule has 0 aliphatic rings. The van der Waals surface area contributed by atoms with Crippen LogP contribution in [0.2, 0.25) is 0 Å². The summed E-state index contributed by atoms with van der Waals surface area (Å²) >= 11 is 3.26. The van der Waals surface area contributed by atoms with E-state index in [1.54, 1.807) is 13.1 Å². The van der Waals surface area contributed by atoms with Gasteiger partial charge in [-0.1, -0.05) is 22.0 Å². The Morgan fingerprint density at radius 1 is 1.40 bits per heavy atom. The van der Waals surface area contributed by atoms with E-state index in [0.29, 0.717) is 18.1 Å². The molecule has 0 aliphatic heterocycles. The molecule has 2 aromatic rings. The van der Waals surface area contributed by atoms with Crippen molar-refractivity contribution in [2.24, 2.45) is 12.0 Å². The molecule has 1 unspecified atom stereocenters. The van der Waals surface area contributed by atoms with Crippen molar-refractivity contribution in [3.63, 3.8) is 0 Å². The van der Waals surface area contributed by atoms with Crippen LogP contribution in [0.3, 0.4) is 0 Å². The van der Waals surface area contributed by atoms with Gasteiger partial charge in [0.15, 0.2) is 5.96 Å². The van der Waals surface area contributed by atoms with Gasteiger partial charge in [-0.25, -0.2) is 4.39 Å². The summed E-state index contributed by atoms with van der Waals surface area (Å²) in [6.45, 7) is 6.57. The summed E-state index contributed by atoms with van der Waals surface area (Å²) < 4.78 is 16.5. The molecule has 0 spiro atoms. The molecule has 7 heteroatoms. The first-order chi connectivity index (χ1) is 11.8. The Kier molecular flexibility index (Phi) is 6.58. The zero-order valence-electron chi connectivity index (χ0n) is 15.3. The third kappa shape index (κ3) is 5.04. The minimum Gasteiger partial charge on any atom is -0.354 e. The Bertz CT molecular complexity index is 769. The molecule has 2 N–H and O–H groups in total. The number of halogens is 2. The zero-order chi connectivity index (χ0) is 18.6. The average Bonchev–Trinajstić information content (AvgIpc) is 2.79. The van der Waals surface area contributed by atoms with Gasteiger partial charge in [-0.3, -0.25) is 9.67 Å². The van der Waals surface area contributed by atoms with Crippen molar-refractivity contribution in [3.8, 4) is 0 Å². The lowest BCUT2D eigenvalue weighted by Crippen LogP contribution is -2.42. The molecule has 1 heterocycles. The van der Waals surface area contributed by atoms with Gasteiger partial charge in [-0.05, 0) is 44.9 Å². The van der Waals surface area contributed by atoms with E-state index in [2.05, 4.69) is 50.5 Å². The number of benzene rings is 1. The maximum Gasteiger partial charge on any atom is 0.191 e. The molecule has 5 nitrogen and oxygen atoms in total. The number of hydrogen-bond acceptors (Lipinski definition) is 2. The minimum atomic E-state index is -0.244. The lowest BCUT2D eigenvalue weighted by molar-refractivity contribution is 0.599. The van der Waals surface area contributed by atoms with E-state index in [4.69, 9.17) is 0 Å². The highest BCUT2D eigenvalue weighted by atomic mass is 79.9. The van der Waals surface area contributed by atoms with Gasteiger partial charge in [0, 0.05) is 42.4 Å². The first-order valence-electron chi connectivity index (χ1n) is 8.22. The van der Waals surface area contributed by atoms with E-state index in [0.717, 1.165) is 16.6 Å². The van der Waals surface area contributed by atoms with Crippen molar-refractivity contribution in [2.45, 2.75) is 39.8 Å². The fourth-order valence-corrected chi connectivity index (χ4v) is 3.08. The van der Waals surface area contributed by atoms with Crippen LogP contribution in [0.15, 0.2) is 27.7 Å². The number of hydrogen-bond donors (Lipinski definition) is 2. The van der Waals surface area contributed by atoms with Crippen LogP contribution in [-0.2, 0) is 20.0 Å². The van der Waals surface area contributed by atoms with Crippen molar-refractivity contribution in [1.82, 2.24) is 20.4 Å².